The Hall–Kier alpha value is -1.31. The van der Waals surface area contributed by atoms with E-state index in [1.807, 2.05) is 0 Å². The summed E-state index contributed by atoms with van der Waals surface area (Å²) in [4.78, 5) is 5.11. The van der Waals surface area contributed by atoms with E-state index < -0.39 is 0 Å². The molecule has 0 N–H and O–H groups in total. The van der Waals surface area contributed by atoms with E-state index in [4.69, 9.17) is 9.73 Å². The highest BCUT2D eigenvalue weighted by atomic mass is 16.5. The number of aliphatic imine (C=N–C) groups is 1. The van der Waals surface area contributed by atoms with Crippen molar-refractivity contribution in [2.24, 2.45) is 10.9 Å². The minimum absolute atomic E-state index is 0.261. The normalized spacial score (nSPS) is 30.2. The summed E-state index contributed by atoms with van der Waals surface area (Å²) < 4.78 is 5.71. The van der Waals surface area contributed by atoms with Crippen LogP contribution in [-0.4, -0.2) is 12.8 Å². The van der Waals surface area contributed by atoms with Crippen molar-refractivity contribution in [3.63, 3.8) is 0 Å². The Balaban J connectivity index is 1.97. The minimum atomic E-state index is 0.261. The molecule has 0 amide bonds. The van der Waals surface area contributed by atoms with Crippen molar-refractivity contribution >= 4 is 11.4 Å². The smallest absolute Gasteiger partial charge is 0.125 e. The van der Waals surface area contributed by atoms with Crippen LogP contribution in [0.4, 0.5) is 5.69 Å². The molecule has 0 unspecified atom stereocenters. The molecule has 2 fully saturated rings. The van der Waals surface area contributed by atoms with Crippen molar-refractivity contribution in [2.75, 3.05) is 7.11 Å². The maximum absolute atomic E-state index is 5.71. The molecule has 2 heteroatoms. The van der Waals surface area contributed by atoms with Crippen LogP contribution in [0, 0.1) is 19.8 Å². The fourth-order valence-electron chi connectivity index (χ4n) is 5.44. The van der Waals surface area contributed by atoms with Crippen LogP contribution >= 0.6 is 0 Å². The minimum Gasteiger partial charge on any atom is -0.496 e. The van der Waals surface area contributed by atoms with Crippen molar-refractivity contribution < 1.29 is 4.74 Å². The van der Waals surface area contributed by atoms with E-state index in [1.54, 1.807) is 7.11 Å². The Labute approximate surface area is 127 Å². The average molecular weight is 283 g/mol. The number of ether oxygens (including phenoxy) is 1. The molecule has 3 aliphatic rings. The molecule has 1 heterocycles. The van der Waals surface area contributed by atoms with Gasteiger partial charge in [0.1, 0.15) is 5.75 Å². The lowest BCUT2D eigenvalue weighted by atomic mass is 9.55. The van der Waals surface area contributed by atoms with Gasteiger partial charge in [-0.25, -0.2) is 0 Å². The number of rotatable bonds is 1. The maximum Gasteiger partial charge on any atom is 0.125 e. The van der Waals surface area contributed by atoms with Gasteiger partial charge in [0.15, 0.2) is 0 Å². The zero-order valence-corrected chi connectivity index (χ0v) is 13.5. The van der Waals surface area contributed by atoms with Crippen LogP contribution in [0.5, 0.6) is 5.75 Å². The highest BCUT2D eigenvalue weighted by Gasteiger charge is 2.52. The fourth-order valence-corrected chi connectivity index (χ4v) is 5.44. The van der Waals surface area contributed by atoms with Gasteiger partial charge in [0.2, 0.25) is 0 Å². The molecular formula is C19H25NO. The Bertz CT molecular complexity index is 629. The second-order valence-corrected chi connectivity index (χ2v) is 7.11. The Morgan fingerprint density at radius 3 is 2.81 bits per heavy atom. The standard InChI is InChI=1S/C19H25NO/c1-12-11-15-17(13(2)18(12)21-3)19-10-5-4-7-14(19)8-6-9-16(19)20-15/h11,14H,4-10H2,1-3H3/t14-,19+/m0/s1. The summed E-state index contributed by atoms with van der Waals surface area (Å²) in [6.07, 6.45) is 9.35. The molecule has 0 aromatic heterocycles. The van der Waals surface area contributed by atoms with Crippen molar-refractivity contribution in [1.29, 1.82) is 0 Å². The maximum atomic E-state index is 5.71. The Morgan fingerprint density at radius 1 is 1.19 bits per heavy atom. The third-order valence-electron chi connectivity index (χ3n) is 6.14. The molecule has 4 rings (SSSR count). The van der Waals surface area contributed by atoms with E-state index in [9.17, 15) is 0 Å². The lowest BCUT2D eigenvalue weighted by Gasteiger charge is -2.47. The predicted octanol–water partition coefficient (Wildman–Crippen LogP) is 5.01. The number of benzene rings is 1. The summed E-state index contributed by atoms with van der Waals surface area (Å²) in [5.41, 5.74) is 7.08. The van der Waals surface area contributed by atoms with Gasteiger partial charge in [-0.3, -0.25) is 4.99 Å². The van der Waals surface area contributed by atoms with Crippen LogP contribution < -0.4 is 4.74 Å². The van der Waals surface area contributed by atoms with E-state index in [2.05, 4.69) is 19.9 Å². The highest BCUT2D eigenvalue weighted by molar-refractivity contribution is 6.03. The molecule has 0 radical (unpaired) electrons. The summed E-state index contributed by atoms with van der Waals surface area (Å²) in [5.74, 6) is 1.89. The largest absolute Gasteiger partial charge is 0.496 e. The molecule has 1 aliphatic heterocycles. The Kier molecular flexibility index (Phi) is 2.92. The van der Waals surface area contributed by atoms with Gasteiger partial charge < -0.3 is 4.74 Å². The van der Waals surface area contributed by atoms with Crippen LogP contribution in [0.3, 0.4) is 0 Å². The van der Waals surface area contributed by atoms with E-state index in [0.717, 1.165) is 11.7 Å². The summed E-state index contributed by atoms with van der Waals surface area (Å²) in [7, 11) is 1.80. The summed E-state index contributed by atoms with van der Waals surface area (Å²) in [6, 6.07) is 2.26. The topological polar surface area (TPSA) is 21.6 Å². The van der Waals surface area contributed by atoms with Crippen molar-refractivity contribution in [3.8, 4) is 5.75 Å². The van der Waals surface area contributed by atoms with Gasteiger partial charge in [0, 0.05) is 11.1 Å². The second-order valence-electron chi connectivity index (χ2n) is 7.11. The zero-order chi connectivity index (χ0) is 14.6. The van der Waals surface area contributed by atoms with E-state index in [0.29, 0.717) is 0 Å². The SMILES string of the molecule is COc1c(C)cc2c(c1C)[C@]13CCCC[C@H]1CCCC3=N2. The van der Waals surface area contributed by atoms with E-state index in [-0.39, 0.29) is 5.41 Å². The third kappa shape index (κ3) is 1.62. The second kappa shape index (κ2) is 4.59. The Morgan fingerprint density at radius 2 is 2.00 bits per heavy atom. The lowest BCUT2D eigenvalue weighted by molar-refractivity contribution is 0.220. The van der Waals surface area contributed by atoms with Crippen LogP contribution in [0.15, 0.2) is 11.1 Å². The molecule has 2 atom stereocenters. The van der Waals surface area contributed by atoms with E-state index >= 15 is 0 Å². The number of hydrogen-bond donors (Lipinski definition) is 0. The molecule has 1 aromatic carbocycles. The number of aryl methyl sites for hydroxylation is 1. The number of nitrogens with zero attached hydrogens (tertiary/aromatic N) is 1. The first-order valence-corrected chi connectivity index (χ1v) is 8.45. The van der Waals surface area contributed by atoms with Crippen LogP contribution in [0.25, 0.3) is 0 Å². The molecule has 2 nitrogen and oxygen atoms in total. The molecular weight excluding hydrogens is 258 g/mol. The zero-order valence-electron chi connectivity index (χ0n) is 13.5. The number of hydrogen-bond acceptors (Lipinski definition) is 2. The van der Waals surface area contributed by atoms with Gasteiger partial charge in [-0.05, 0) is 74.6 Å². The quantitative estimate of drug-likeness (QED) is 0.710. The summed E-state index contributed by atoms with van der Waals surface area (Å²) in [5, 5.41) is 0. The van der Waals surface area contributed by atoms with Gasteiger partial charge >= 0.3 is 0 Å². The lowest BCUT2D eigenvalue weighted by Crippen LogP contribution is -2.46. The van der Waals surface area contributed by atoms with Crippen LogP contribution in [0.2, 0.25) is 0 Å². The molecule has 21 heavy (non-hydrogen) atoms. The molecule has 1 aromatic rings. The van der Waals surface area contributed by atoms with Crippen LogP contribution in [0.1, 0.15) is 61.6 Å². The van der Waals surface area contributed by atoms with Crippen molar-refractivity contribution in [2.45, 2.75) is 64.2 Å². The molecule has 2 saturated carbocycles. The van der Waals surface area contributed by atoms with Gasteiger partial charge in [0.05, 0.1) is 12.8 Å². The fraction of sp³-hybridized carbons (Fsp3) is 0.632. The first-order valence-electron chi connectivity index (χ1n) is 8.45. The average Bonchev–Trinajstić information content (AvgIpc) is 2.79. The third-order valence-corrected chi connectivity index (χ3v) is 6.14. The predicted molar refractivity (Wildman–Crippen MR) is 87.1 cm³/mol. The van der Waals surface area contributed by atoms with Crippen molar-refractivity contribution in [3.05, 3.63) is 22.8 Å². The van der Waals surface area contributed by atoms with Gasteiger partial charge in [-0.15, -0.1) is 0 Å². The summed E-state index contributed by atoms with van der Waals surface area (Å²) >= 11 is 0. The first-order chi connectivity index (χ1) is 10.2. The molecule has 112 valence electrons. The molecule has 1 spiro atoms. The molecule has 2 aliphatic carbocycles. The van der Waals surface area contributed by atoms with E-state index in [1.165, 1.54) is 73.0 Å². The first kappa shape index (κ1) is 13.4. The van der Waals surface area contributed by atoms with Crippen molar-refractivity contribution in [1.82, 2.24) is 0 Å². The number of fused-ring (bicyclic) bond motifs is 1. The monoisotopic (exact) mass is 283 g/mol. The molecule has 0 bridgehead atoms. The summed E-state index contributed by atoms with van der Waals surface area (Å²) in [6.45, 7) is 4.39. The number of methoxy groups -OCH3 is 1. The van der Waals surface area contributed by atoms with Gasteiger partial charge in [-0.1, -0.05) is 12.8 Å². The van der Waals surface area contributed by atoms with Crippen LogP contribution in [-0.2, 0) is 5.41 Å². The highest BCUT2D eigenvalue weighted by Crippen LogP contribution is 2.58. The van der Waals surface area contributed by atoms with Gasteiger partial charge in [-0.2, -0.15) is 0 Å². The van der Waals surface area contributed by atoms with Gasteiger partial charge in [0.25, 0.3) is 0 Å². The molecule has 0 saturated heterocycles.